The summed E-state index contributed by atoms with van der Waals surface area (Å²) in [6, 6.07) is 5.82. The predicted octanol–water partition coefficient (Wildman–Crippen LogP) is 3.81. The number of hydrogen-bond donors (Lipinski definition) is 2. The zero-order chi connectivity index (χ0) is 22.7. The van der Waals surface area contributed by atoms with E-state index in [2.05, 4.69) is 48.2 Å². The molecule has 0 radical (unpaired) electrons. The second kappa shape index (κ2) is 12.5. The summed E-state index contributed by atoms with van der Waals surface area (Å²) >= 11 is 0. The van der Waals surface area contributed by atoms with Crippen molar-refractivity contribution in [2.75, 3.05) is 33.9 Å². The normalized spacial score (nSPS) is 12.6. The maximum Gasteiger partial charge on any atom is 0.422 e. The molecule has 0 unspecified atom stereocenters. The van der Waals surface area contributed by atoms with Crippen molar-refractivity contribution in [1.82, 2.24) is 15.5 Å². The van der Waals surface area contributed by atoms with E-state index in [1.54, 1.807) is 19.2 Å². The number of benzene rings is 1. The van der Waals surface area contributed by atoms with Gasteiger partial charge >= 0.3 is 6.18 Å². The zero-order valence-electron chi connectivity index (χ0n) is 18.8. The third kappa shape index (κ3) is 9.56. The highest BCUT2D eigenvalue weighted by molar-refractivity contribution is 5.79. The van der Waals surface area contributed by atoms with E-state index < -0.39 is 12.8 Å². The maximum absolute atomic E-state index is 12.4. The van der Waals surface area contributed by atoms with Crippen LogP contribution < -0.4 is 20.1 Å². The number of methoxy groups -OCH3 is 1. The summed E-state index contributed by atoms with van der Waals surface area (Å²) in [6.07, 6.45) is -3.42. The second-order valence-electron chi connectivity index (χ2n) is 7.52. The Morgan fingerprint density at radius 1 is 1.10 bits per heavy atom. The van der Waals surface area contributed by atoms with Crippen LogP contribution in [0.3, 0.4) is 0 Å². The highest BCUT2D eigenvalue weighted by Gasteiger charge is 2.29. The smallest absolute Gasteiger partial charge is 0.422 e. The Bertz CT molecular complexity index is 656. The van der Waals surface area contributed by atoms with Gasteiger partial charge in [-0.1, -0.05) is 6.07 Å². The molecule has 0 aliphatic rings. The fraction of sp³-hybridized carbons (Fsp3) is 0.667. The SMILES string of the molecule is CN=C(NCCCN(C(C)C)C(C)C)NCc1ccc(OCC(F)(F)F)c(OC)c1. The van der Waals surface area contributed by atoms with Crippen molar-refractivity contribution in [3.8, 4) is 11.5 Å². The number of halogens is 3. The first-order valence-corrected chi connectivity index (χ1v) is 10.1. The summed E-state index contributed by atoms with van der Waals surface area (Å²) in [6.45, 7) is 9.65. The fourth-order valence-corrected chi connectivity index (χ4v) is 3.09. The van der Waals surface area contributed by atoms with Gasteiger partial charge < -0.3 is 20.1 Å². The molecular weight excluding hydrogens is 397 g/mol. The van der Waals surface area contributed by atoms with Crippen LogP contribution in [0.15, 0.2) is 23.2 Å². The lowest BCUT2D eigenvalue weighted by atomic mass is 10.2. The van der Waals surface area contributed by atoms with Gasteiger partial charge in [-0.05, 0) is 51.8 Å². The summed E-state index contributed by atoms with van der Waals surface area (Å²) in [7, 11) is 3.09. The third-order valence-corrected chi connectivity index (χ3v) is 4.52. The van der Waals surface area contributed by atoms with Gasteiger partial charge in [0.1, 0.15) is 0 Å². The Kier molecular flexibility index (Phi) is 10.8. The first kappa shape index (κ1) is 25.9. The molecule has 0 heterocycles. The molecule has 0 fully saturated rings. The van der Waals surface area contributed by atoms with Crippen molar-refractivity contribution in [1.29, 1.82) is 0 Å². The van der Waals surface area contributed by atoms with E-state index in [0.717, 1.165) is 25.1 Å². The quantitative estimate of drug-likeness (QED) is 0.316. The van der Waals surface area contributed by atoms with Crippen LogP contribution >= 0.6 is 0 Å². The number of aliphatic imine (C=N–C) groups is 1. The van der Waals surface area contributed by atoms with E-state index in [1.807, 2.05) is 0 Å². The van der Waals surface area contributed by atoms with Gasteiger partial charge in [-0.2, -0.15) is 13.2 Å². The van der Waals surface area contributed by atoms with Crippen molar-refractivity contribution in [3.63, 3.8) is 0 Å². The fourth-order valence-electron chi connectivity index (χ4n) is 3.09. The van der Waals surface area contributed by atoms with Gasteiger partial charge in [0.15, 0.2) is 24.1 Å². The number of guanidine groups is 1. The highest BCUT2D eigenvalue weighted by atomic mass is 19.4. The van der Waals surface area contributed by atoms with Crippen molar-refractivity contribution in [3.05, 3.63) is 23.8 Å². The molecule has 30 heavy (non-hydrogen) atoms. The maximum atomic E-state index is 12.4. The molecule has 172 valence electrons. The Morgan fingerprint density at radius 3 is 2.30 bits per heavy atom. The van der Waals surface area contributed by atoms with Crippen molar-refractivity contribution in [2.45, 2.75) is 58.9 Å². The summed E-state index contributed by atoms with van der Waals surface area (Å²) < 4.78 is 47.0. The topological polar surface area (TPSA) is 58.1 Å². The standard InChI is InChI=1S/C21H35F3N4O2/c1-15(2)28(16(3)4)11-7-10-26-20(25-5)27-13-17-8-9-18(19(12-17)29-6)30-14-21(22,23)24/h8-9,12,15-16H,7,10-11,13-14H2,1-6H3,(H2,25,26,27). The molecule has 9 heteroatoms. The van der Waals surface area contributed by atoms with Crippen LogP contribution in [0.4, 0.5) is 13.2 Å². The Balaban J connectivity index is 2.52. The van der Waals surface area contributed by atoms with E-state index in [1.165, 1.54) is 13.2 Å². The van der Waals surface area contributed by atoms with Crippen LogP contribution in [0.25, 0.3) is 0 Å². The molecule has 0 aliphatic heterocycles. The zero-order valence-corrected chi connectivity index (χ0v) is 18.8. The lowest BCUT2D eigenvalue weighted by Gasteiger charge is -2.30. The molecule has 1 rings (SSSR count). The van der Waals surface area contributed by atoms with Gasteiger partial charge in [-0.15, -0.1) is 0 Å². The van der Waals surface area contributed by atoms with Gasteiger partial charge in [0.05, 0.1) is 7.11 Å². The summed E-state index contributed by atoms with van der Waals surface area (Å²) in [5.41, 5.74) is 0.833. The van der Waals surface area contributed by atoms with Gasteiger partial charge in [-0.3, -0.25) is 9.89 Å². The number of ether oxygens (including phenoxy) is 2. The molecule has 1 aromatic rings. The Labute approximate surface area is 177 Å². The van der Waals surface area contributed by atoms with E-state index in [0.29, 0.717) is 24.6 Å². The Hall–Kier alpha value is -2.16. The molecule has 0 saturated heterocycles. The second-order valence-corrected chi connectivity index (χ2v) is 7.52. The van der Waals surface area contributed by atoms with Crippen LogP contribution in [-0.4, -0.2) is 63.0 Å². The van der Waals surface area contributed by atoms with Crippen molar-refractivity contribution >= 4 is 5.96 Å². The van der Waals surface area contributed by atoms with Crippen LogP contribution in [-0.2, 0) is 6.54 Å². The van der Waals surface area contributed by atoms with Crippen LogP contribution in [0.1, 0.15) is 39.7 Å². The summed E-state index contributed by atoms with van der Waals surface area (Å²) in [5, 5.41) is 6.48. The molecular formula is C21H35F3N4O2. The van der Waals surface area contributed by atoms with Crippen molar-refractivity contribution in [2.24, 2.45) is 4.99 Å². The molecule has 0 aromatic heterocycles. The molecule has 6 nitrogen and oxygen atoms in total. The van der Waals surface area contributed by atoms with Crippen LogP contribution in [0, 0.1) is 0 Å². The molecule has 0 saturated carbocycles. The van der Waals surface area contributed by atoms with Gasteiger partial charge in [-0.25, -0.2) is 0 Å². The monoisotopic (exact) mass is 432 g/mol. The van der Waals surface area contributed by atoms with Gasteiger partial charge in [0.25, 0.3) is 0 Å². The number of nitrogens with one attached hydrogen (secondary N) is 2. The summed E-state index contributed by atoms with van der Waals surface area (Å²) in [4.78, 5) is 6.64. The molecule has 2 N–H and O–H groups in total. The molecule has 0 atom stereocenters. The average molecular weight is 433 g/mol. The van der Waals surface area contributed by atoms with Gasteiger partial charge in [0, 0.05) is 38.8 Å². The van der Waals surface area contributed by atoms with Crippen LogP contribution in [0.5, 0.6) is 11.5 Å². The lowest BCUT2D eigenvalue weighted by Crippen LogP contribution is -2.41. The lowest BCUT2D eigenvalue weighted by molar-refractivity contribution is -0.153. The van der Waals surface area contributed by atoms with Crippen LogP contribution in [0.2, 0.25) is 0 Å². The first-order valence-electron chi connectivity index (χ1n) is 10.1. The molecule has 1 aromatic carbocycles. The van der Waals surface area contributed by atoms with E-state index in [4.69, 9.17) is 9.47 Å². The highest BCUT2D eigenvalue weighted by Crippen LogP contribution is 2.29. The molecule has 0 spiro atoms. The van der Waals surface area contributed by atoms with Crippen molar-refractivity contribution < 1.29 is 22.6 Å². The minimum absolute atomic E-state index is 0.0564. The molecule has 0 amide bonds. The van der Waals surface area contributed by atoms with E-state index >= 15 is 0 Å². The molecule has 0 aliphatic carbocycles. The summed E-state index contributed by atoms with van der Waals surface area (Å²) in [5.74, 6) is 0.969. The third-order valence-electron chi connectivity index (χ3n) is 4.52. The average Bonchev–Trinajstić information content (AvgIpc) is 2.67. The first-order chi connectivity index (χ1) is 14.1. The number of hydrogen-bond acceptors (Lipinski definition) is 4. The predicted molar refractivity (Wildman–Crippen MR) is 114 cm³/mol. The van der Waals surface area contributed by atoms with E-state index in [-0.39, 0.29) is 11.5 Å². The Morgan fingerprint density at radius 2 is 1.77 bits per heavy atom. The number of nitrogens with zero attached hydrogens (tertiary/aromatic N) is 2. The minimum Gasteiger partial charge on any atom is -0.493 e. The number of rotatable bonds is 11. The molecule has 0 bridgehead atoms. The minimum atomic E-state index is -4.40. The number of alkyl halides is 3. The van der Waals surface area contributed by atoms with E-state index in [9.17, 15) is 13.2 Å². The largest absolute Gasteiger partial charge is 0.493 e. The van der Waals surface area contributed by atoms with Gasteiger partial charge in [0.2, 0.25) is 0 Å².